The SMILES string of the molecule is O=C(c1ccccc1)c1cccc(OC2=C(O)C(O)[C@H](O)C(C(=O)O)O2)c1. The van der Waals surface area contributed by atoms with Gasteiger partial charge in [0.05, 0.1) is 0 Å². The molecule has 1 heterocycles. The van der Waals surface area contributed by atoms with Crippen LogP contribution >= 0.6 is 0 Å². The molecule has 3 rings (SSSR count). The minimum Gasteiger partial charge on any atom is -0.504 e. The quantitative estimate of drug-likeness (QED) is 0.576. The van der Waals surface area contributed by atoms with Crippen LogP contribution in [0, 0.1) is 0 Å². The Labute approximate surface area is 153 Å². The lowest BCUT2D eigenvalue weighted by molar-refractivity contribution is -0.171. The molecule has 140 valence electrons. The zero-order valence-electron chi connectivity index (χ0n) is 13.9. The largest absolute Gasteiger partial charge is 0.504 e. The fraction of sp³-hybridized carbons (Fsp3) is 0.158. The summed E-state index contributed by atoms with van der Waals surface area (Å²) in [6, 6.07) is 14.5. The molecule has 0 saturated carbocycles. The number of carboxylic acids is 1. The Morgan fingerprint density at radius 2 is 1.63 bits per heavy atom. The number of carbonyl (C=O) groups is 2. The Balaban J connectivity index is 1.86. The van der Waals surface area contributed by atoms with Gasteiger partial charge in [-0.25, -0.2) is 4.79 Å². The van der Waals surface area contributed by atoms with Crippen LogP contribution in [0.1, 0.15) is 15.9 Å². The lowest BCUT2D eigenvalue weighted by Crippen LogP contribution is -2.49. The zero-order chi connectivity index (χ0) is 19.6. The summed E-state index contributed by atoms with van der Waals surface area (Å²) in [6.07, 6.45) is -5.56. The monoisotopic (exact) mass is 372 g/mol. The van der Waals surface area contributed by atoms with E-state index in [4.69, 9.17) is 14.6 Å². The second-order valence-electron chi connectivity index (χ2n) is 5.81. The molecule has 0 spiro atoms. The molecule has 4 N–H and O–H groups in total. The number of ether oxygens (including phenoxy) is 2. The summed E-state index contributed by atoms with van der Waals surface area (Å²) < 4.78 is 10.3. The Hall–Kier alpha value is -3.36. The molecule has 8 nitrogen and oxygen atoms in total. The van der Waals surface area contributed by atoms with Gasteiger partial charge in [0.1, 0.15) is 18.0 Å². The Kier molecular flexibility index (Phi) is 5.11. The fourth-order valence-corrected chi connectivity index (χ4v) is 2.53. The van der Waals surface area contributed by atoms with Crippen molar-refractivity contribution in [2.24, 2.45) is 0 Å². The number of ketones is 1. The van der Waals surface area contributed by atoms with Crippen molar-refractivity contribution >= 4 is 11.8 Å². The highest BCUT2D eigenvalue weighted by Crippen LogP contribution is 2.27. The van der Waals surface area contributed by atoms with Crippen molar-refractivity contribution in [2.75, 3.05) is 0 Å². The van der Waals surface area contributed by atoms with E-state index in [1.807, 2.05) is 0 Å². The van der Waals surface area contributed by atoms with Crippen molar-refractivity contribution < 1.29 is 39.5 Å². The molecule has 0 aliphatic carbocycles. The minimum atomic E-state index is -1.89. The van der Waals surface area contributed by atoms with Gasteiger partial charge in [0.15, 0.2) is 5.78 Å². The van der Waals surface area contributed by atoms with Gasteiger partial charge in [0, 0.05) is 11.1 Å². The van der Waals surface area contributed by atoms with Crippen LogP contribution in [0.25, 0.3) is 0 Å². The van der Waals surface area contributed by atoms with Crippen LogP contribution in [-0.2, 0) is 9.53 Å². The van der Waals surface area contributed by atoms with Crippen molar-refractivity contribution in [3.63, 3.8) is 0 Å². The van der Waals surface area contributed by atoms with E-state index in [0.29, 0.717) is 11.1 Å². The van der Waals surface area contributed by atoms with E-state index in [1.54, 1.807) is 36.4 Å². The molecule has 2 unspecified atom stereocenters. The number of rotatable bonds is 5. The Morgan fingerprint density at radius 3 is 2.30 bits per heavy atom. The molecule has 3 atom stereocenters. The zero-order valence-corrected chi connectivity index (χ0v) is 13.9. The van der Waals surface area contributed by atoms with Gasteiger partial charge < -0.3 is 29.9 Å². The van der Waals surface area contributed by atoms with Gasteiger partial charge in [-0.05, 0) is 12.1 Å². The van der Waals surface area contributed by atoms with Crippen LogP contribution < -0.4 is 4.74 Å². The first-order valence-corrected chi connectivity index (χ1v) is 7.95. The molecule has 0 radical (unpaired) electrons. The van der Waals surface area contributed by atoms with Gasteiger partial charge in [-0.1, -0.05) is 42.5 Å². The van der Waals surface area contributed by atoms with Crippen LogP contribution in [0.15, 0.2) is 66.3 Å². The summed E-state index contributed by atoms with van der Waals surface area (Å²) >= 11 is 0. The van der Waals surface area contributed by atoms with Gasteiger partial charge in [0.2, 0.25) is 11.9 Å². The smallest absolute Gasteiger partial charge is 0.347 e. The third-order valence-corrected chi connectivity index (χ3v) is 3.94. The average Bonchev–Trinajstić information content (AvgIpc) is 2.68. The fourth-order valence-electron chi connectivity index (χ4n) is 2.53. The van der Waals surface area contributed by atoms with Crippen LogP contribution in [-0.4, -0.2) is 50.5 Å². The molecule has 0 aromatic heterocycles. The average molecular weight is 372 g/mol. The van der Waals surface area contributed by atoms with Crippen molar-refractivity contribution in [3.05, 3.63) is 77.4 Å². The number of hydrogen-bond donors (Lipinski definition) is 4. The molecule has 2 aromatic rings. The number of hydrogen-bond acceptors (Lipinski definition) is 7. The van der Waals surface area contributed by atoms with Gasteiger partial charge in [0.25, 0.3) is 0 Å². The number of aliphatic hydroxyl groups excluding tert-OH is 3. The molecule has 27 heavy (non-hydrogen) atoms. The molecule has 0 saturated heterocycles. The normalized spacial score (nSPS) is 22.1. The maximum Gasteiger partial charge on any atom is 0.347 e. The predicted octanol–water partition coefficient (Wildman–Crippen LogP) is 1.23. The molecular weight excluding hydrogens is 356 g/mol. The van der Waals surface area contributed by atoms with E-state index in [0.717, 1.165) is 0 Å². The highest BCUT2D eigenvalue weighted by molar-refractivity contribution is 6.09. The first-order chi connectivity index (χ1) is 12.9. The predicted molar refractivity (Wildman–Crippen MR) is 91.1 cm³/mol. The van der Waals surface area contributed by atoms with Crippen LogP contribution in [0.5, 0.6) is 5.75 Å². The standard InChI is InChI=1S/C19H16O8/c20-13(10-5-2-1-3-6-10)11-7-4-8-12(9-11)26-19-16(23)14(21)15(22)17(27-19)18(24)25/h1-9,14-15,17,21-23H,(H,24,25)/t14?,15-,17?/m0/s1. The van der Waals surface area contributed by atoms with Crippen LogP contribution in [0.2, 0.25) is 0 Å². The first-order valence-electron chi connectivity index (χ1n) is 7.95. The van der Waals surface area contributed by atoms with E-state index in [-0.39, 0.29) is 11.5 Å². The van der Waals surface area contributed by atoms with Crippen LogP contribution in [0.4, 0.5) is 0 Å². The van der Waals surface area contributed by atoms with Gasteiger partial charge in [-0.2, -0.15) is 0 Å². The highest BCUT2D eigenvalue weighted by atomic mass is 16.7. The summed E-state index contributed by atoms with van der Waals surface area (Å²) in [7, 11) is 0. The number of aliphatic carboxylic acids is 1. The Bertz CT molecular complexity index is 890. The van der Waals surface area contributed by atoms with Gasteiger partial charge in [-0.15, -0.1) is 0 Å². The summed E-state index contributed by atoms with van der Waals surface area (Å²) in [4.78, 5) is 23.6. The Morgan fingerprint density at radius 1 is 0.963 bits per heavy atom. The highest BCUT2D eigenvalue weighted by Gasteiger charge is 2.43. The second-order valence-corrected chi connectivity index (χ2v) is 5.81. The van der Waals surface area contributed by atoms with Crippen molar-refractivity contribution in [1.82, 2.24) is 0 Å². The molecule has 8 heteroatoms. The number of aliphatic hydroxyl groups is 3. The molecular formula is C19H16O8. The molecule has 1 aliphatic rings. The summed E-state index contributed by atoms with van der Waals surface area (Å²) in [6.45, 7) is 0. The topological polar surface area (TPSA) is 134 Å². The second kappa shape index (κ2) is 7.48. The molecule has 0 fully saturated rings. The van der Waals surface area contributed by atoms with E-state index in [1.165, 1.54) is 18.2 Å². The van der Waals surface area contributed by atoms with E-state index in [2.05, 4.69) is 0 Å². The lowest BCUT2D eigenvalue weighted by Gasteiger charge is -2.30. The molecule has 2 aromatic carbocycles. The summed E-state index contributed by atoms with van der Waals surface area (Å²) in [5.74, 6) is -3.24. The summed E-state index contributed by atoms with van der Waals surface area (Å²) in [5.41, 5.74) is 0.764. The minimum absolute atomic E-state index is 0.0751. The van der Waals surface area contributed by atoms with Crippen molar-refractivity contribution in [2.45, 2.75) is 18.3 Å². The number of carboxylic acid groups (broad SMARTS) is 1. The third kappa shape index (κ3) is 3.76. The van der Waals surface area contributed by atoms with E-state index < -0.39 is 36.0 Å². The third-order valence-electron chi connectivity index (χ3n) is 3.94. The van der Waals surface area contributed by atoms with Gasteiger partial charge >= 0.3 is 11.9 Å². The first kappa shape index (κ1) is 18.4. The van der Waals surface area contributed by atoms with Crippen molar-refractivity contribution in [1.29, 1.82) is 0 Å². The van der Waals surface area contributed by atoms with E-state index >= 15 is 0 Å². The molecule has 0 bridgehead atoms. The number of benzene rings is 2. The van der Waals surface area contributed by atoms with Gasteiger partial charge in [-0.3, -0.25) is 4.79 Å². The lowest BCUT2D eigenvalue weighted by atomic mass is 10.0. The van der Waals surface area contributed by atoms with Crippen molar-refractivity contribution in [3.8, 4) is 5.75 Å². The summed E-state index contributed by atoms with van der Waals surface area (Å²) in [5, 5.41) is 38.3. The molecule has 1 aliphatic heterocycles. The molecule has 0 amide bonds. The van der Waals surface area contributed by atoms with Crippen LogP contribution in [0.3, 0.4) is 0 Å². The maximum absolute atomic E-state index is 12.5. The maximum atomic E-state index is 12.5. The number of carbonyl (C=O) groups excluding carboxylic acids is 1. The van der Waals surface area contributed by atoms with E-state index in [9.17, 15) is 24.9 Å².